The molecular formula is C14H21Cl2FN2O. The van der Waals surface area contributed by atoms with Gasteiger partial charge in [-0.1, -0.05) is 17.7 Å². The van der Waals surface area contributed by atoms with Crippen LogP contribution in [0.1, 0.15) is 18.4 Å². The largest absolute Gasteiger partial charge is 0.381 e. The minimum atomic E-state index is -0.253. The molecule has 2 unspecified atom stereocenters. The van der Waals surface area contributed by atoms with Gasteiger partial charge in [-0.2, -0.15) is 0 Å². The zero-order valence-corrected chi connectivity index (χ0v) is 13.1. The van der Waals surface area contributed by atoms with Gasteiger partial charge in [-0.25, -0.2) is 4.39 Å². The van der Waals surface area contributed by atoms with Gasteiger partial charge in [0.2, 0.25) is 0 Å². The molecule has 2 atom stereocenters. The van der Waals surface area contributed by atoms with Gasteiger partial charge in [-0.15, -0.1) is 12.4 Å². The Morgan fingerprint density at radius 2 is 2.25 bits per heavy atom. The number of hydrogen-bond acceptors (Lipinski definition) is 3. The summed E-state index contributed by atoms with van der Waals surface area (Å²) in [4.78, 5) is 2.22. The Hall–Kier alpha value is -0.390. The molecule has 0 spiro atoms. The standard InChI is InChI=1S/C14H20ClFN2O.ClH/c1-19-13-4-5-18(12(7-13)8-17)9-10-2-3-11(15)6-14(10)16;/h2-3,6,12-13H,4-5,7-9,17H2,1H3;1H. The summed E-state index contributed by atoms with van der Waals surface area (Å²) in [6, 6.07) is 5.07. The summed E-state index contributed by atoms with van der Waals surface area (Å²) in [5.41, 5.74) is 6.48. The Bertz CT molecular complexity index is 434. The molecular weight excluding hydrogens is 302 g/mol. The summed E-state index contributed by atoms with van der Waals surface area (Å²) in [5, 5.41) is 0.426. The Labute approximate surface area is 130 Å². The lowest BCUT2D eigenvalue weighted by atomic mass is 9.98. The lowest BCUT2D eigenvalue weighted by Gasteiger charge is -2.38. The summed E-state index contributed by atoms with van der Waals surface area (Å²) in [6.07, 6.45) is 2.13. The Morgan fingerprint density at radius 1 is 1.50 bits per heavy atom. The fourth-order valence-corrected chi connectivity index (χ4v) is 2.76. The van der Waals surface area contributed by atoms with Crippen LogP contribution in [0.2, 0.25) is 5.02 Å². The zero-order chi connectivity index (χ0) is 13.8. The van der Waals surface area contributed by atoms with Gasteiger partial charge in [0.25, 0.3) is 0 Å². The van der Waals surface area contributed by atoms with Gasteiger partial charge in [-0.05, 0) is 25.0 Å². The van der Waals surface area contributed by atoms with E-state index in [1.807, 2.05) is 0 Å². The van der Waals surface area contributed by atoms with E-state index in [0.717, 1.165) is 19.4 Å². The minimum Gasteiger partial charge on any atom is -0.381 e. The van der Waals surface area contributed by atoms with Gasteiger partial charge in [-0.3, -0.25) is 4.90 Å². The molecule has 0 aromatic heterocycles. The molecule has 1 heterocycles. The average Bonchev–Trinajstić information content (AvgIpc) is 2.42. The molecule has 1 fully saturated rings. The molecule has 1 aliphatic rings. The van der Waals surface area contributed by atoms with E-state index in [-0.39, 0.29) is 30.4 Å². The fourth-order valence-electron chi connectivity index (χ4n) is 2.60. The van der Waals surface area contributed by atoms with E-state index in [0.29, 0.717) is 23.7 Å². The van der Waals surface area contributed by atoms with Crippen LogP contribution in [0, 0.1) is 5.82 Å². The molecule has 0 radical (unpaired) electrons. The third-order valence-corrected chi connectivity index (χ3v) is 4.02. The van der Waals surface area contributed by atoms with E-state index in [2.05, 4.69) is 4.90 Å². The molecule has 0 bridgehead atoms. The van der Waals surface area contributed by atoms with Crippen LogP contribution in [-0.2, 0) is 11.3 Å². The number of likely N-dealkylation sites (tertiary alicyclic amines) is 1. The molecule has 6 heteroatoms. The summed E-state index contributed by atoms with van der Waals surface area (Å²) in [6.45, 7) is 2.01. The third kappa shape index (κ3) is 4.30. The molecule has 1 aromatic carbocycles. The summed E-state index contributed by atoms with van der Waals surface area (Å²) in [5.74, 6) is -0.253. The number of rotatable bonds is 4. The lowest BCUT2D eigenvalue weighted by molar-refractivity contribution is 0.00988. The van der Waals surface area contributed by atoms with Crippen LogP contribution >= 0.6 is 24.0 Å². The van der Waals surface area contributed by atoms with Crippen LogP contribution in [0.25, 0.3) is 0 Å². The van der Waals surface area contributed by atoms with Gasteiger partial charge in [0.05, 0.1) is 6.10 Å². The number of nitrogens with zero attached hydrogens (tertiary/aromatic N) is 1. The van der Waals surface area contributed by atoms with Crippen molar-refractivity contribution in [2.45, 2.75) is 31.5 Å². The second kappa shape index (κ2) is 8.15. The van der Waals surface area contributed by atoms with E-state index in [9.17, 15) is 4.39 Å². The van der Waals surface area contributed by atoms with Crippen LogP contribution in [0.3, 0.4) is 0 Å². The number of methoxy groups -OCH3 is 1. The van der Waals surface area contributed by atoms with Crippen LogP contribution in [0.15, 0.2) is 18.2 Å². The van der Waals surface area contributed by atoms with Crippen molar-refractivity contribution in [2.75, 3.05) is 20.2 Å². The van der Waals surface area contributed by atoms with Gasteiger partial charge >= 0.3 is 0 Å². The highest BCUT2D eigenvalue weighted by molar-refractivity contribution is 6.30. The molecule has 1 aromatic rings. The fraction of sp³-hybridized carbons (Fsp3) is 0.571. The van der Waals surface area contributed by atoms with Gasteiger partial charge in [0.1, 0.15) is 5.82 Å². The first-order valence-corrected chi connectivity index (χ1v) is 6.92. The van der Waals surface area contributed by atoms with Crippen molar-refractivity contribution >= 4 is 24.0 Å². The predicted octanol–water partition coefficient (Wildman–Crippen LogP) is 2.84. The highest BCUT2D eigenvalue weighted by Gasteiger charge is 2.27. The SMILES string of the molecule is COC1CCN(Cc2ccc(Cl)cc2F)C(CN)C1.Cl. The van der Waals surface area contributed by atoms with Crippen molar-refractivity contribution in [2.24, 2.45) is 5.73 Å². The summed E-state index contributed by atoms with van der Waals surface area (Å²) < 4.78 is 19.2. The van der Waals surface area contributed by atoms with Crippen molar-refractivity contribution in [3.63, 3.8) is 0 Å². The predicted molar refractivity (Wildman–Crippen MR) is 81.9 cm³/mol. The number of hydrogen-bond donors (Lipinski definition) is 1. The minimum absolute atomic E-state index is 0. The van der Waals surface area contributed by atoms with Crippen LogP contribution in [-0.4, -0.2) is 37.2 Å². The Balaban J connectivity index is 0.00000200. The maximum absolute atomic E-state index is 13.8. The van der Waals surface area contributed by atoms with Gasteiger partial charge < -0.3 is 10.5 Å². The quantitative estimate of drug-likeness (QED) is 0.926. The molecule has 0 aliphatic carbocycles. The van der Waals surface area contributed by atoms with Crippen LogP contribution < -0.4 is 5.73 Å². The van der Waals surface area contributed by atoms with Crippen LogP contribution in [0.4, 0.5) is 4.39 Å². The smallest absolute Gasteiger partial charge is 0.129 e. The molecule has 0 saturated carbocycles. The van der Waals surface area contributed by atoms with Crippen molar-refractivity contribution in [1.82, 2.24) is 4.90 Å². The van der Waals surface area contributed by atoms with E-state index in [4.69, 9.17) is 22.1 Å². The van der Waals surface area contributed by atoms with Crippen molar-refractivity contribution in [1.29, 1.82) is 0 Å². The highest BCUT2D eigenvalue weighted by Crippen LogP contribution is 2.23. The second-order valence-electron chi connectivity index (χ2n) is 4.98. The third-order valence-electron chi connectivity index (χ3n) is 3.78. The number of piperidine rings is 1. The lowest BCUT2D eigenvalue weighted by Crippen LogP contribution is -2.48. The maximum atomic E-state index is 13.8. The van der Waals surface area contributed by atoms with Gasteiger partial charge in [0.15, 0.2) is 0 Å². The Morgan fingerprint density at radius 3 is 2.85 bits per heavy atom. The molecule has 2 rings (SSSR count). The number of halogens is 3. The van der Waals surface area contributed by atoms with Crippen LogP contribution in [0.5, 0.6) is 0 Å². The molecule has 1 saturated heterocycles. The first kappa shape index (κ1) is 17.7. The molecule has 20 heavy (non-hydrogen) atoms. The average molecular weight is 323 g/mol. The van der Waals surface area contributed by atoms with Crippen molar-refractivity contribution < 1.29 is 9.13 Å². The number of ether oxygens (including phenoxy) is 1. The number of nitrogens with two attached hydrogens (primary N) is 1. The van der Waals surface area contributed by atoms with E-state index < -0.39 is 0 Å². The summed E-state index contributed by atoms with van der Waals surface area (Å²) >= 11 is 5.76. The van der Waals surface area contributed by atoms with E-state index >= 15 is 0 Å². The molecule has 0 amide bonds. The normalized spacial score (nSPS) is 23.4. The second-order valence-corrected chi connectivity index (χ2v) is 5.41. The van der Waals surface area contributed by atoms with E-state index in [1.54, 1.807) is 19.2 Å². The molecule has 2 N–H and O–H groups in total. The Kier molecular flexibility index (Phi) is 7.20. The van der Waals surface area contributed by atoms with Crippen molar-refractivity contribution in [3.05, 3.63) is 34.6 Å². The molecule has 1 aliphatic heterocycles. The van der Waals surface area contributed by atoms with Gasteiger partial charge in [0, 0.05) is 43.4 Å². The molecule has 3 nitrogen and oxygen atoms in total. The molecule has 114 valence electrons. The topological polar surface area (TPSA) is 38.5 Å². The highest BCUT2D eigenvalue weighted by atomic mass is 35.5. The van der Waals surface area contributed by atoms with Crippen molar-refractivity contribution in [3.8, 4) is 0 Å². The maximum Gasteiger partial charge on any atom is 0.129 e. The first-order chi connectivity index (χ1) is 9.13. The van der Waals surface area contributed by atoms with E-state index in [1.165, 1.54) is 6.07 Å². The summed E-state index contributed by atoms with van der Waals surface area (Å²) in [7, 11) is 1.73. The monoisotopic (exact) mass is 322 g/mol. The number of benzene rings is 1. The zero-order valence-electron chi connectivity index (χ0n) is 11.5. The first-order valence-electron chi connectivity index (χ1n) is 6.55.